The summed E-state index contributed by atoms with van der Waals surface area (Å²) in [5.74, 6) is -1.93. The number of urea groups is 1. The molecule has 0 aromatic heterocycles. The summed E-state index contributed by atoms with van der Waals surface area (Å²) in [6.45, 7) is 5.67. The normalized spacial score (nSPS) is 13.1. The molecule has 0 rings (SSSR count). The number of hydrogen-bond acceptors (Lipinski definition) is 3. The van der Waals surface area contributed by atoms with Crippen LogP contribution in [0.25, 0.3) is 0 Å². The average Bonchev–Trinajstić information content (AvgIpc) is 2.22. The van der Waals surface area contributed by atoms with Gasteiger partial charge in [0.15, 0.2) is 0 Å². The fourth-order valence-corrected chi connectivity index (χ4v) is 1.80. The molecule has 0 fully saturated rings. The molecule has 0 radical (unpaired) electrons. The van der Waals surface area contributed by atoms with Gasteiger partial charge in [-0.1, -0.05) is 27.2 Å². The van der Waals surface area contributed by atoms with Crippen LogP contribution in [-0.4, -0.2) is 34.0 Å². The van der Waals surface area contributed by atoms with Crippen LogP contribution in [0.3, 0.4) is 0 Å². The van der Waals surface area contributed by atoms with Gasteiger partial charge in [0.05, 0.1) is 0 Å². The van der Waals surface area contributed by atoms with Crippen LogP contribution in [0, 0.1) is 5.92 Å². The van der Waals surface area contributed by atoms with Crippen LogP contribution in [0.4, 0.5) is 4.79 Å². The summed E-state index contributed by atoms with van der Waals surface area (Å²) in [4.78, 5) is 34.3. The van der Waals surface area contributed by atoms with Crippen LogP contribution in [0.2, 0.25) is 0 Å². The Labute approximate surface area is 131 Å². The van der Waals surface area contributed by atoms with Crippen molar-refractivity contribution in [2.24, 2.45) is 11.7 Å². The molecular formula is C11H21N2NaO4. The Kier molecular flexibility index (Phi) is 10.3. The van der Waals surface area contributed by atoms with Gasteiger partial charge in [-0.25, -0.2) is 4.79 Å². The molecule has 0 saturated carbocycles. The van der Waals surface area contributed by atoms with Gasteiger partial charge in [-0.05, 0) is 12.3 Å². The van der Waals surface area contributed by atoms with Crippen LogP contribution in [0.15, 0.2) is 0 Å². The monoisotopic (exact) mass is 268 g/mol. The van der Waals surface area contributed by atoms with Crippen molar-refractivity contribution in [1.29, 1.82) is 0 Å². The standard InChI is InChI=1S/C11H20N2O4.Na.H/c1-4-7(3)8(5-2)13(11(12)17)9(14)6-10(15)16;;/h7-8H,4-6H2,1-3H3,(H2,12,17)(H,15,16);;/q;+1;-1. The van der Waals surface area contributed by atoms with E-state index in [4.69, 9.17) is 10.8 Å². The number of hydrogen-bond donors (Lipinski definition) is 2. The number of carboxylic acids is 1. The van der Waals surface area contributed by atoms with Crippen molar-refractivity contribution in [1.82, 2.24) is 4.90 Å². The second kappa shape index (κ2) is 9.35. The molecule has 7 heteroatoms. The van der Waals surface area contributed by atoms with Crippen LogP contribution >= 0.6 is 0 Å². The van der Waals surface area contributed by atoms with Crippen LogP contribution < -0.4 is 35.3 Å². The summed E-state index contributed by atoms with van der Waals surface area (Å²) in [7, 11) is 0. The van der Waals surface area contributed by atoms with E-state index in [1.54, 1.807) is 0 Å². The molecule has 3 N–H and O–H groups in total. The smallest absolute Gasteiger partial charge is 1.00 e. The zero-order chi connectivity index (χ0) is 13.6. The van der Waals surface area contributed by atoms with Crippen molar-refractivity contribution < 1.29 is 50.5 Å². The molecule has 0 aliphatic heterocycles. The van der Waals surface area contributed by atoms with Crippen molar-refractivity contribution in [2.75, 3.05) is 0 Å². The maximum atomic E-state index is 11.7. The summed E-state index contributed by atoms with van der Waals surface area (Å²) in [6.07, 6.45) is 0.627. The third-order valence-corrected chi connectivity index (χ3v) is 2.86. The van der Waals surface area contributed by atoms with Crippen molar-refractivity contribution in [3.05, 3.63) is 0 Å². The number of carbonyl (C=O) groups excluding carboxylic acids is 2. The summed E-state index contributed by atoms with van der Waals surface area (Å²) >= 11 is 0. The SMILES string of the molecule is CCC(C)C(CC)N(C(N)=O)C(=O)CC(=O)O.[H-].[Na+]. The molecule has 2 atom stereocenters. The van der Waals surface area contributed by atoms with Gasteiger partial charge in [0, 0.05) is 6.04 Å². The zero-order valence-corrected chi connectivity index (χ0v) is 13.5. The number of aliphatic carboxylic acids is 1. The van der Waals surface area contributed by atoms with E-state index in [-0.39, 0.29) is 42.9 Å². The second-order valence-corrected chi connectivity index (χ2v) is 4.03. The van der Waals surface area contributed by atoms with Crippen LogP contribution in [0.5, 0.6) is 0 Å². The number of rotatable bonds is 6. The van der Waals surface area contributed by atoms with Crippen molar-refractivity contribution in [3.63, 3.8) is 0 Å². The van der Waals surface area contributed by atoms with Gasteiger partial charge in [0.1, 0.15) is 6.42 Å². The Morgan fingerprint density at radius 2 is 1.78 bits per heavy atom. The molecule has 3 amide bonds. The predicted molar refractivity (Wildman–Crippen MR) is 63.3 cm³/mol. The van der Waals surface area contributed by atoms with Gasteiger partial charge in [0.25, 0.3) is 0 Å². The van der Waals surface area contributed by atoms with Crippen LogP contribution in [0.1, 0.15) is 41.5 Å². The Bertz CT molecular complexity index is 315. The Balaban J connectivity index is -0.00000128. The van der Waals surface area contributed by atoms with E-state index in [0.29, 0.717) is 6.42 Å². The van der Waals surface area contributed by atoms with Gasteiger partial charge >= 0.3 is 41.6 Å². The molecule has 0 heterocycles. The van der Waals surface area contributed by atoms with Gasteiger partial charge in [-0.2, -0.15) is 0 Å². The average molecular weight is 268 g/mol. The molecule has 0 aliphatic carbocycles. The molecule has 0 aliphatic rings. The minimum absolute atomic E-state index is 0. The number of amides is 3. The van der Waals surface area contributed by atoms with Gasteiger partial charge in [-0.15, -0.1) is 0 Å². The fourth-order valence-electron chi connectivity index (χ4n) is 1.80. The first kappa shape index (κ1) is 19.7. The van der Waals surface area contributed by atoms with Crippen molar-refractivity contribution >= 4 is 17.9 Å². The fraction of sp³-hybridized carbons (Fsp3) is 0.727. The largest absolute Gasteiger partial charge is 1.00 e. The van der Waals surface area contributed by atoms with E-state index < -0.39 is 24.3 Å². The summed E-state index contributed by atoms with van der Waals surface area (Å²) in [5.41, 5.74) is 5.16. The Hall–Kier alpha value is -0.590. The minimum Gasteiger partial charge on any atom is -1.00 e. The molecule has 6 nitrogen and oxygen atoms in total. The number of carbonyl (C=O) groups is 3. The Morgan fingerprint density at radius 3 is 2.06 bits per heavy atom. The van der Waals surface area contributed by atoms with Crippen LogP contribution in [-0.2, 0) is 9.59 Å². The predicted octanol–water partition coefficient (Wildman–Crippen LogP) is -1.69. The van der Waals surface area contributed by atoms with Crippen molar-refractivity contribution in [2.45, 2.75) is 46.1 Å². The van der Waals surface area contributed by atoms with E-state index in [1.807, 2.05) is 20.8 Å². The van der Waals surface area contributed by atoms with E-state index in [1.165, 1.54) is 0 Å². The first-order valence-corrected chi connectivity index (χ1v) is 5.68. The minimum atomic E-state index is -1.26. The molecule has 0 aromatic rings. The topological polar surface area (TPSA) is 101 Å². The first-order valence-electron chi connectivity index (χ1n) is 5.68. The summed E-state index contributed by atoms with van der Waals surface area (Å²) in [6, 6.07) is -1.23. The van der Waals surface area contributed by atoms with E-state index in [0.717, 1.165) is 11.3 Å². The summed E-state index contributed by atoms with van der Waals surface area (Å²) < 4.78 is 0. The van der Waals surface area contributed by atoms with Gasteiger partial charge in [0.2, 0.25) is 5.91 Å². The maximum absolute atomic E-state index is 11.7. The zero-order valence-electron chi connectivity index (χ0n) is 12.5. The third-order valence-electron chi connectivity index (χ3n) is 2.86. The number of imide groups is 1. The number of nitrogens with zero attached hydrogens (tertiary/aromatic N) is 1. The van der Waals surface area contributed by atoms with E-state index >= 15 is 0 Å². The maximum Gasteiger partial charge on any atom is 1.00 e. The van der Waals surface area contributed by atoms with Gasteiger partial charge in [-0.3, -0.25) is 14.5 Å². The van der Waals surface area contributed by atoms with E-state index in [9.17, 15) is 14.4 Å². The number of nitrogens with two attached hydrogens (primary N) is 1. The Morgan fingerprint density at radius 1 is 1.28 bits per heavy atom. The molecule has 0 spiro atoms. The molecule has 0 bridgehead atoms. The molecular weight excluding hydrogens is 247 g/mol. The van der Waals surface area contributed by atoms with E-state index in [2.05, 4.69) is 0 Å². The molecule has 0 saturated heterocycles. The molecule has 100 valence electrons. The number of carboxylic acid groups (broad SMARTS) is 1. The third kappa shape index (κ3) is 5.84. The number of primary amides is 1. The van der Waals surface area contributed by atoms with Gasteiger partial charge < -0.3 is 12.3 Å². The first-order chi connectivity index (χ1) is 7.84. The molecule has 18 heavy (non-hydrogen) atoms. The second-order valence-electron chi connectivity index (χ2n) is 4.03. The quantitative estimate of drug-likeness (QED) is 0.443. The molecule has 0 aromatic carbocycles. The van der Waals surface area contributed by atoms with Crippen molar-refractivity contribution in [3.8, 4) is 0 Å². The summed E-state index contributed by atoms with van der Waals surface area (Å²) in [5, 5.41) is 8.57. The molecule has 2 unspecified atom stereocenters.